The lowest BCUT2D eigenvalue weighted by Crippen LogP contribution is -2.32. The first-order chi connectivity index (χ1) is 10.7. The molecule has 0 radical (unpaired) electrons. The van der Waals surface area contributed by atoms with Gasteiger partial charge in [0.05, 0.1) is 11.6 Å². The lowest BCUT2D eigenvalue weighted by Gasteiger charge is -2.27. The van der Waals surface area contributed by atoms with Crippen LogP contribution in [-0.2, 0) is 24.6 Å². The van der Waals surface area contributed by atoms with Crippen molar-refractivity contribution in [3.63, 3.8) is 0 Å². The van der Waals surface area contributed by atoms with E-state index in [0.717, 1.165) is 31.7 Å². The fraction of sp³-hybridized carbons (Fsp3) is 0.733. The van der Waals surface area contributed by atoms with Crippen LogP contribution in [0.2, 0.25) is 0 Å². The highest BCUT2D eigenvalue weighted by Gasteiger charge is 2.51. The number of rotatable bonds is 3. The largest absolute Gasteiger partial charge is 0.481 e. The van der Waals surface area contributed by atoms with E-state index in [1.54, 1.807) is 0 Å². The summed E-state index contributed by atoms with van der Waals surface area (Å²) in [5, 5.41) is 13.0. The number of alkyl halides is 3. The highest BCUT2D eigenvalue weighted by Crippen LogP contribution is 2.49. The second-order valence-electron chi connectivity index (χ2n) is 6.77. The summed E-state index contributed by atoms with van der Waals surface area (Å²) >= 11 is 0. The molecule has 0 amide bonds. The molecule has 8 heteroatoms. The number of carbonyl (C=O) groups is 1. The first-order valence-electron chi connectivity index (χ1n) is 7.76. The van der Waals surface area contributed by atoms with E-state index in [1.807, 2.05) is 4.90 Å². The highest BCUT2D eigenvalue weighted by molar-refractivity contribution is 5.72. The standard InChI is InChI=1S/C15H20F3N3O2/c1-20-10(6-12(19-20)15(16,17)18)7-21-8-11(13(22)23)14(9-21)4-2-3-5-14/h6,11H,2-5,7-9H2,1H3,(H,22,23). The average Bonchev–Trinajstić information content (AvgIpc) is 3.12. The van der Waals surface area contributed by atoms with Crippen LogP contribution in [0.5, 0.6) is 0 Å². The molecule has 1 N–H and O–H groups in total. The van der Waals surface area contributed by atoms with Gasteiger partial charge in [0, 0.05) is 26.7 Å². The van der Waals surface area contributed by atoms with Gasteiger partial charge >= 0.3 is 12.1 Å². The van der Waals surface area contributed by atoms with Gasteiger partial charge in [-0.1, -0.05) is 12.8 Å². The smallest absolute Gasteiger partial charge is 0.435 e. The van der Waals surface area contributed by atoms with E-state index in [0.29, 0.717) is 25.3 Å². The van der Waals surface area contributed by atoms with E-state index in [-0.39, 0.29) is 5.41 Å². The average molecular weight is 331 g/mol. The molecule has 128 valence electrons. The number of hydrogen-bond acceptors (Lipinski definition) is 3. The summed E-state index contributed by atoms with van der Waals surface area (Å²) in [5.74, 6) is -1.23. The number of aliphatic carboxylic acids is 1. The summed E-state index contributed by atoms with van der Waals surface area (Å²) in [7, 11) is 1.49. The molecule has 1 saturated carbocycles. The summed E-state index contributed by atoms with van der Waals surface area (Å²) in [4.78, 5) is 13.5. The SMILES string of the molecule is Cn1nc(C(F)(F)F)cc1CN1CC(C(=O)O)C2(CCCC2)C1. The lowest BCUT2D eigenvalue weighted by atomic mass is 9.77. The minimum absolute atomic E-state index is 0.211. The van der Waals surface area contributed by atoms with Crippen molar-refractivity contribution in [1.29, 1.82) is 0 Å². The molecule has 2 aliphatic rings. The van der Waals surface area contributed by atoms with Crippen LogP contribution in [0.15, 0.2) is 6.07 Å². The van der Waals surface area contributed by atoms with Crippen LogP contribution in [0, 0.1) is 11.3 Å². The Hall–Kier alpha value is -1.57. The number of carboxylic acids is 1. The Labute approximate surface area is 132 Å². The molecule has 0 bridgehead atoms. The van der Waals surface area contributed by atoms with Gasteiger partial charge in [-0.2, -0.15) is 18.3 Å². The minimum atomic E-state index is -4.46. The molecule has 1 aromatic rings. The normalized spacial score (nSPS) is 24.6. The molecule has 1 atom stereocenters. The van der Waals surface area contributed by atoms with Gasteiger partial charge in [0.1, 0.15) is 0 Å². The maximum Gasteiger partial charge on any atom is 0.435 e. The van der Waals surface area contributed by atoms with E-state index in [1.165, 1.54) is 11.7 Å². The Morgan fingerprint density at radius 3 is 2.61 bits per heavy atom. The van der Waals surface area contributed by atoms with E-state index in [9.17, 15) is 23.1 Å². The monoisotopic (exact) mass is 331 g/mol. The van der Waals surface area contributed by atoms with Crippen LogP contribution >= 0.6 is 0 Å². The summed E-state index contributed by atoms with van der Waals surface area (Å²) in [6.07, 6.45) is -0.625. The summed E-state index contributed by atoms with van der Waals surface area (Å²) < 4.78 is 39.4. The maximum absolute atomic E-state index is 12.7. The van der Waals surface area contributed by atoms with Crippen molar-refractivity contribution < 1.29 is 23.1 Å². The Kier molecular flexibility index (Phi) is 3.90. The number of nitrogens with zero attached hydrogens (tertiary/aromatic N) is 3. The number of aromatic nitrogens is 2. The van der Waals surface area contributed by atoms with Gasteiger partial charge in [0.2, 0.25) is 0 Å². The van der Waals surface area contributed by atoms with Crippen LogP contribution in [-0.4, -0.2) is 38.8 Å². The predicted molar refractivity (Wildman–Crippen MR) is 75.5 cm³/mol. The predicted octanol–water partition coefficient (Wildman–Crippen LogP) is 2.52. The number of carboxylic acid groups (broad SMARTS) is 1. The molecule has 1 aliphatic heterocycles. The van der Waals surface area contributed by atoms with Crippen molar-refractivity contribution in [2.45, 2.75) is 38.4 Å². The molecule has 23 heavy (non-hydrogen) atoms. The number of aryl methyl sites for hydroxylation is 1. The number of likely N-dealkylation sites (tertiary alicyclic amines) is 1. The molecule has 2 heterocycles. The zero-order chi connectivity index (χ0) is 16.8. The zero-order valence-electron chi connectivity index (χ0n) is 12.9. The van der Waals surface area contributed by atoms with Crippen LogP contribution < -0.4 is 0 Å². The minimum Gasteiger partial charge on any atom is -0.481 e. The molecule has 1 saturated heterocycles. The van der Waals surface area contributed by atoms with Crippen molar-refractivity contribution >= 4 is 5.97 Å². The Balaban J connectivity index is 1.77. The first-order valence-corrected chi connectivity index (χ1v) is 7.76. The Bertz CT molecular complexity index is 606. The van der Waals surface area contributed by atoms with Crippen molar-refractivity contribution in [2.75, 3.05) is 13.1 Å². The molecular formula is C15H20F3N3O2. The third-order valence-corrected chi connectivity index (χ3v) is 5.27. The van der Waals surface area contributed by atoms with E-state index < -0.39 is 23.8 Å². The topological polar surface area (TPSA) is 58.4 Å². The van der Waals surface area contributed by atoms with Gasteiger partial charge in [0.15, 0.2) is 5.69 Å². The lowest BCUT2D eigenvalue weighted by molar-refractivity contribution is -0.144. The van der Waals surface area contributed by atoms with Gasteiger partial charge in [-0.3, -0.25) is 14.4 Å². The second kappa shape index (κ2) is 5.51. The molecule has 2 fully saturated rings. The van der Waals surface area contributed by atoms with Crippen molar-refractivity contribution in [3.8, 4) is 0 Å². The quantitative estimate of drug-likeness (QED) is 0.925. The Morgan fingerprint density at radius 2 is 2.09 bits per heavy atom. The number of halogens is 3. The van der Waals surface area contributed by atoms with Crippen molar-refractivity contribution in [3.05, 3.63) is 17.5 Å². The summed E-state index contributed by atoms with van der Waals surface area (Å²) in [5.41, 5.74) is -0.659. The fourth-order valence-corrected chi connectivity index (χ4v) is 4.14. The van der Waals surface area contributed by atoms with Crippen LogP contribution in [0.3, 0.4) is 0 Å². The molecule has 3 rings (SSSR count). The van der Waals surface area contributed by atoms with Crippen molar-refractivity contribution in [1.82, 2.24) is 14.7 Å². The van der Waals surface area contributed by atoms with Gasteiger partial charge in [-0.25, -0.2) is 0 Å². The molecule has 1 spiro atoms. The van der Waals surface area contributed by atoms with Gasteiger partial charge in [0.25, 0.3) is 0 Å². The highest BCUT2D eigenvalue weighted by atomic mass is 19.4. The molecular weight excluding hydrogens is 311 g/mol. The van der Waals surface area contributed by atoms with Gasteiger partial charge in [-0.05, 0) is 24.3 Å². The van der Waals surface area contributed by atoms with Gasteiger partial charge in [-0.15, -0.1) is 0 Å². The Morgan fingerprint density at radius 1 is 1.43 bits per heavy atom. The molecule has 1 aromatic heterocycles. The molecule has 1 aliphatic carbocycles. The molecule has 1 unspecified atom stereocenters. The zero-order valence-corrected chi connectivity index (χ0v) is 12.9. The van der Waals surface area contributed by atoms with E-state index >= 15 is 0 Å². The molecule has 5 nitrogen and oxygen atoms in total. The summed E-state index contributed by atoms with van der Waals surface area (Å²) in [6.45, 7) is 1.32. The number of hydrogen-bond donors (Lipinski definition) is 1. The van der Waals surface area contributed by atoms with Crippen LogP contribution in [0.1, 0.15) is 37.1 Å². The van der Waals surface area contributed by atoms with Crippen LogP contribution in [0.4, 0.5) is 13.2 Å². The van der Waals surface area contributed by atoms with E-state index in [2.05, 4.69) is 5.10 Å². The second-order valence-corrected chi connectivity index (χ2v) is 6.77. The van der Waals surface area contributed by atoms with E-state index in [4.69, 9.17) is 0 Å². The first kappa shape index (κ1) is 16.3. The summed E-state index contributed by atoms with van der Waals surface area (Å²) in [6, 6.07) is 1.05. The third kappa shape index (κ3) is 2.96. The maximum atomic E-state index is 12.7. The molecule has 0 aromatic carbocycles. The third-order valence-electron chi connectivity index (χ3n) is 5.27. The van der Waals surface area contributed by atoms with Crippen LogP contribution in [0.25, 0.3) is 0 Å². The fourth-order valence-electron chi connectivity index (χ4n) is 4.14. The van der Waals surface area contributed by atoms with Gasteiger partial charge < -0.3 is 5.11 Å². The van der Waals surface area contributed by atoms with Crippen molar-refractivity contribution in [2.24, 2.45) is 18.4 Å².